The van der Waals surface area contributed by atoms with Gasteiger partial charge in [-0.1, -0.05) is 13.8 Å². The number of carboxylic acid groups (broad SMARTS) is 1. The van der Waals surface area contributed by atoms with Gasteiger partial charge in [0.15, 0.2) is 0 Å². The van der Waals surface area contributed by atoms with Gasteiger partial charge in [0.05, 0.1) is 12.2 Å². The molecule has 0 heterocycles. The van der Waals surface area contributed by atoms with E-state index in [-0.39, 0.29) is 5.56 Å². The fraction of sp³-hybridized carbons (Fsp3) is 0.364. The molecule has 0 bridgehead atoms. The Bertz CT molecular complexity index is 361. The van der Waals surface area contributed by atoms with E-state index < -0.39 is 11.8 Å². The molecule has 0 saturated carbocycles. The zero-order chi connectivity index (χ0) is 11.4. The molecule has 0 unspecified atom stereocenters. The molecule has 0 saturated heterocycles. The van der Waals surface area contributed by atoms with Crippen LogP contribution in [0.2, 0.25) is 0 Å². The molecule has 3 nitrogen and oxygen atoms in total. The molecular formula is C11H13FO3. The van der Waals surface area contributed by atoms with E-state index in [9.17, 15) is 9.18 Å². The third kappa shape index (κ3) is 3.23. The van der Waals surface area contributed by atoms with Crippen LogP contribution in [-0.4, -0.2) is 17.7 Å². The first-order valence-electron chi connectivity index (χ1n) is 4.66. The van der Waals surface area contributed by atoms with Crippen LogP contribution in [0.25, 0.3) is 0 Å². The molecule has 1 aromatic carbocycles. The van der Waals surface area contributed by atoms with Crippen LogP contribution >= 0.6 is 0 Å². The minimum atomic E-state index is -1.28. The number of rotatable bonds is 4. The van der Waals surface area contributed by atoms with Crippen LogP contribution < -0.4 is 4.74 Å². The summed E-state index contributed by atoms with van der Waals surface area (Å²) in [6, 6.07) is 3.74. The maximum atomic E-state index is 13.2. The molecule has 82 valence electrons. The average molecular weight is 212 g/mol. The molecular weight excluding hydrogens is 199 g/mol. The quantitative estimate of drug-likeness (QED) is 0.834. The second-order valence-corrected chi connectivity index (χ2v) is 3.65. The van der Waals surface area contributed by atoms with Crippen LogP contribution in [0.5, 0.6) is 5.75 Å². The van der Waals surface area contributed by atoms with Crippen LogP contribution in [-0.2, 0) is 0 Å². The first kappa shape index (κ1) is 11.5. The molecule has 0 aromatic heterocycles. The minimum absolute atomic E-state index is 0.340. The zero-order valence-corrected chi connectivity index (χ0v) is 8.66. The minimum Gasteiger partial charge on any atom is -0.493 e. The Morgan fingerprint density at radius 1 is 1.53 bits per heavy atom. The normalized spacial score (nSPS) is 10.4. The predicted octanol–water partition coefficient (Wildman–Crippen LogP) is 2.56. The van der Waals surface area contributed by atoms with Gasteiger partial charge in [0, 0.05) is 6.07 Å². The Morgan fingerprint density at radius 2 is 2.20 bits per heavy atom. The van der Waals surface area contributed by atoms with E-state index in [1.54, 1.807) is 0 Å². The first-order chi connectivity index (χ1) is 7.00. The van der Waals surface area contributed by atoms with Crippen LogP contribution in [0.4, 0.5) is 4.39 Å². The van der Waals surface area contributed by atoms with E-state index in [1.165, 1.54) is 12.1 Å². The van der Waals surface area contributed by atoms with E-state index in [0.29, 0.717) is 18.3 Å². The second-order valence-electron chi connectivity index (χ2n) is 3.65. The highest BCUT2D eigenvalue weighted by molar-refractivity contribution is 5.88. The van der Waals surface area contributed by atoms with Crippen molar-refractivity contribution in [1.82, 2.24) is 0 Å². The SMILES string of the molecule is CC(C)COc1ccc(C(=O)O)c(F)c1. The van der Waals surface area contributed by atoms with Gasteiger partial charge in [0.25, 0.3) is 0 Å². The molecule has 1 N–H and O–H groups in total. The summed E-state index contributed by atoms with van der Waals surface area (Å²) < 4.78 is 18.4. The Morgan fingerprint density at radius 3 is 2.67 bits per heavy atom. The topological polar surface area (TPSA) is 46.5 Å². The third-order valence-electron chi connectivity index (χ3n) is 1.75. The molecule has 15 heavy (non-hydrogen) atoms. The van der Waals surface area contributed by atoms with Crippen molar-refractivity contribution in [1.29, 1.82) is 0 Å². The first-order valence-corrected chi connectivity index (χ1v) is 4.66. The third-order valence-corrected chi connectivity index (χ3v) is 1.75. The molecule has 0 atom stereocenters. The summed E-state index contributed by atoms with van der Waals surface area (Å²) in [4.78, 5) is 10.5. The Labute approximate surface area is 87.5 Å². The number of benzene rings is 1. The summed E-state index contributed by atoms with van der Waals surface area (Å²) in [6.45, 7) is 4.43. The lowest BCUT2D eigenvalue weighted by molar-refractivity contribution is 0.0692. The summed E-state index contributed by atoms with van der Waals surface area (Å²) in [5.41, 5.74) is -0.341. The standard InChI is InChI=1S/C11H13FO3/c1-7(2)6-15-8-3-4-9(11(13)14)10(12)5-8/h3-5,7H,6H2,1-2H3,(H,13,14). The number of carboxylic acids is 1. The van der Waals surface area contributed by atoms with Gasteiger partial charge in [-0.25, -0.2) is 9.18 Å². The summed E-state index contributed by atoms with van der Waals surface area (Å²) in [5, 5.41) is 8.59. The van der Waals surface area contributed by atoms with E-state index in [1.807, 2.05) is 13.8 Å². The highest BCUT2D eigenvalue weighted by Gasteiger charge is 2.10. The molecule has 0 spiro atoms. The highest BCUT2D eigenvalue weighted by Crippen LogP contribution is 2.17. The van der Waals surface area contributed by atoms with Gasteiger partial charge in [-0.15, -0.1) is 0 Å². The van der Waals surface area contributed by atoms with Crippen LogP contribution in [0, 0.1) is 11.7 Å². The number of carbonyl (C=O) groups is 1. The molecule has 1 rings (SSSR count). The van der Waals surface area contributed by atoms with Crippen molar-refractivity contribution in [3.05, 3.63) is 29.6 Å². The van der Waals surface area contributed by atoms with Crippen molar-refractivity contribution in [2.24, 2.45) is 5.92 Å². The van der Waals surface area contributed by atoms with Crippen LogP contribution in [0.1, 0.15) is 24.2 Å². The van der Waals surface area contributed by atoms with E-state index in [4.69, 9.17) is 9.84 Å². The predicted molar refractivity (Wildman–Crippen MR) is 53.7 cm³/mol. The Balaban J connectivity index is 2.78. The molecule has 0 aliphatic heterocycles. The van der Waals surface area contributed by atoms with Crippen LogP contribution in [0.15, 0.2) is 18.2 Å². The molecule has 0 aliphatic carbocycles. The van der Waals surface area contributed by atoms with E-state index >= 15 is 0 Å². The van der Waals surface area contributed by atoms with Gasteiger partial charge < -0.3 is 9.84 Å². The lowest BCUT2D eigenvalue weighted by atomic mass is 10.2. The number of hydrogen-bond acceptors (Lipinski definition) is 2. The number of halogens is 1. The van der Waals surface area contributed by atoms with Crippen molar-refractivity contribution in [3.63, 3.8) is 0 Å². The monoisotopic (exact) mass is 212 g/mol. The Kier molecular flexibility index (Phi) is 3.66. The summed E-state index contributed by atoms with van der Waals surface area (Å²) in [7, 11) is 0. The average Bonchev–Trinajstić information content (AvgIpc) is 2.14. The fourth-order valence-electron chi connectivity index (χ4n) is 1.02. The lowest BCUT2D eigenvalue weighted by Crippen LogP contribution is -2.06. The Hall–Kier alpha value is -1.58. The zero-order valence-electron chi connectivity index (χ0n) is 8.66. The van der Waals surface area contributed by atoms with E-state index in [0.717, 1.165) is 6.07 Å². The van der Waals surface area contributed by atoms with Gasteiger partial charge in [0.2, 0.25) is 0 Å². The van der Waals surface area contributed by atoms with Crippen molar-refractivity contribution in [3.8, 4) is 5.75 Å². The number of aromatic carboxylic acids is 1. The number of ether oxygens (including phenoxy) is 1. The summed E-state index contributed by atoms with van der Waals surface area (Å²) in [6.07, 6.45) is 0. The molecule has 1 aromatic rings. The molecule has 0 radical (unpaired) electrons. The molecule has 0 fully saturated rings. The molecule has 4 heteroatoms. The maximum Gasteiger partial charge on any atom is 0.338 e. The second kappa shape index (κ2) is 4.77. The molecule has 0 aliphatic rings. The van der Waals surface area contributed by atoms with E-state index in [2.05, 4.69) is 0 Å². The van der Waals surface area contributed by atoms with Crippen molar-refractivity contribution in [2.75, 3.05) is 6.61 Å². The van der Waals surface area contributed by atoms with Crippen LogP contribution in [0.3, 0.4) is 0 Å². The van der Waals surface area contributed by atoms with Gasteiger partial charge in [-0.3, -0.25) is 0 Å². The summed E-state index contributed by atoms with van der Waals surface area (Å²) in [5.74, 6) is -1.36. The van der Waals surface area contributed by atoms with Crippen molar-refractivity contribution in [2.45, 2.75) is 13.8 Å². The van der Waals surface area contributed by atoms with Crippen molar-refractivity contribution >= 4 is 5.97 Å². The van der Waals surface area contributed by atoms with Crippen molar-refractivity contribution < 1.29 is 19.0 Å². The maximum absolute atomic E-state index is 13.2. The largest absolute Gasteiger partial charge is 0.493 e. The fourth-order valence-corrected chi connectivity index (χ4v) is 1.02. The summed E-state index contributed by atoms with van der Waals surface area (Å²) >= 11 is 0. The lowest BCUT2D eigenvalue weighted by Gasteiger charge is -2.08. The van der Waals surface area contributed by atoms with Gasteiger partial charge in [-0.2, -0.15) is 0 Å². The van der Waals surface area contributed by atoms with Gasteiger partial charge in [0.1, 0.15) is 11.6 Å². The smallest absolute Gasteiger partial charge is 0.338 e. The van der Waals surface area contributed by atoms with Gasteiger partial charge >= 0.3 is 5.97 Å². The van der Waals surface area contributed by atoms with Gasteiger partial charge in [-0.05, 0) is 18.1 Å². The highest BCUT2D eigenvalue weighted by atomic mass is 19.1. The molecule has 0 amide bonds. The number of hydrogen-bond donors (Lipinski definition) is 1.